The van der Waals surface area contributed by atoms with Crippen LogP contribution in [0.2, 0.25) is 0 Å². The number of pyridine rings is 1. The molecule has 2 saturated heterocycles. The van der Waals surface area contributed by atoms with Gasteiger partial charge in [0.25, 0.3) is 0 Å². The van der Waals surface area contributed by atoms with Crippen molar-refractivity contribution in [1.29, 1.82) is 0 Å². The van der Waals surface area contributed by atoms with Crippen LogP contribution in [0.1, 0.15) is 42.0 Å². The number of halogens is 1. The maximum absolute atomic E-state index is 13.7. The number of benzene rings is 2. The summed E-state index contributed by atoms with van der Waals surface area (Å²) in [6.45, 7) is 2.72. The number of rotatable bonds is 6. The third-order valence-electron chi connectivity index (χ3n) is 7.37. The van der Waals surface area contributed by atoms with E-state index in [0.29, 0.717) is 13.0 Å². The van der Waals surface area contributed by atoms with E-state index in [9.17, 15) is 9.18 Å². The zero-order chi connectivity index (χ0) is 23.5. The average molecular weight is 460 g/mol. The molecule has 1 spiro atoms. The molecule has 176 valence electrons. The Kier molecular flexibility index (Phi) is 6.33. The maximum Gasteiger partial charge on any atom is 0.222 e. The standard InChI is InChI=1S/C28H30FN3O2/c1-31-27(33)10-6-15-28(31)20-32(18-25(28)21-11-13-23(29)14-12-21)17-22-7-2-3-9-26(22)34-19-24-8-4-5-16-30-24/h2-5,7-9,11-14,16,25H,6,10,15,17-20H2,1H3/t25-,28+/m0/s1. The molecule has 2 aliphatic heterocycles. The molecule has 3 heterocycles. The Labute approximate surface area is 200 Å². The molecule has 2 aromatic carbocycles. The van der Waals surface area contributed by atoms with Gasteiger partial charge in [0.2, 0.25) is 5.91 Å². The Balaban J connectivity index is 1.39. The highest BCUT2D eigenvalue weighted by molar-refractivity contribution is 5.78. The second kappa shape index (κ2) is 9.55. The Bertz CT molecular complexity index is 1140. The summed E-state index contributed by atoms with van der Waals surface area (Å²) in [6, 6.07) is 20.7. The molecule has 1 amide bonds. The van der Waals surface area contributed by atoms with E-state index in [-0.39, 0.29) is 23.2 Å². The lowest BCUT2D eigenvalue weighted by molar-refractivity contribution is -0.139. The molecule has 6 heteroatoms. The molecule has 0 unspecified atom stereocenters. The molecule has 5 nitrogen and oxygen atoms in total. The zero-order valence-corrected chi connectivity index (χ0v) is 19.5. The SMILES string of the molecule is CN1C(=O)CCC[C@]12CN(Cc1ccccc1OCc1ccccn1)C[C@H]2c1ccc(F)cc1. The third-order valence-corrected chi connectivity index (χ3v) is 7.37. The summed E-state index contributed by atoms with van der Waals surface area (Å²) in [7, 11) is 1.94. The van der Waals surface area contributed by atoms with Gasteiger partial charge in [0.05, 0.1) is 11.2 Å². The van der Waals surface area contributed by atoms with Gasteiger partial charge in [-0.2, -0.15) is 0 Å². The van der Waals surface area contributed by atoms with Gasteiger partial charge in [-0.25, -0.2) is 4.39 Å². The fourth-order valence-corrected chi connectivity index (χ4v) is 5.60. The van der Waals surface area contributed by atoms with Crippen LogP contribution in [-0.4, -0.2) is 46.4 Å². The van der Waals surface area contributed by atoms with Gasteiger partial charge in [-0.05, 0) is 48.7 Å². The Morgan fingerprint density at radius 1 is 1.09 bits per heavy atom. The second-order valence-electron chi connectivity index (χ2n) is 9.40. The molecule has 0 saturated carbocycles. The number of hydrogen-bond acceptors (Lipinski definition) is 4. The molecule has 34 heavy (non-hydrogen) atoms. The van der Waals surface area contributed by atoms with Crippen LogP contribution in [-0.2, 0) is 17.9 Å². The minimum atomic E-state index is -0.281. The predicted octanol–water partition coefficient (Wildman–Crippen LogP) is 4.78. The molecule has 3 aromatic rings. The van der Waals surface area contributed by atoms with E-state index in [1.807, 2.05) is 60.5 Å². The highest BCUT2D eigenvalue weighted by Gasteiger charge is 2.52. The van der Waals surface area contributed by atoms with Gasteiger partial charge in [0.15, 0.2) is 0 Å². The monoisotopic (exact) mass is 459 g/mol. The van der Waals surface area contributed by atoms with Gasteiger partial charge in [0.1, 0.15) is 18.2 Å². The smallest absolute Gasteiger partial charge is 0.222 e. The van der Waals surface area contributed by atoms with Gasteiger partial charge in [0, 0.05) is 50.8 Å². The van der Waals surface area contributed by atoms with Crippen molar-refractivity contribution in [3.05, 3.63) is 95.6 Å². The van der Waals surface area contributed by atoms with Gasteiger partial charge in [-0.15, -0.1) is 0 Å². The average Bonchev–Trinajstić information content (AvgIpc) is 3.21. The zero-order valence-electron chi connectivity index (χ0n) is 19.5. The molecule has 5 rings (SSSR count). The lowest BCUT2D eigenvalue weighted by Gasteiger charge is -2.46. The number of para-hydroxylation sites is 1. The van der Waals surface area contributed by atoms with Crippen molar-refractivity contribution in [2.24, 2.45) is 0 Å². The van der Waals surface area contributed by atoms with Gasteiger partial charge in [-0.1, -0.05) is 36.4 Å². The first-order valence-corrected chi connectivity index (χ1v) is 11.9. The van der Waals surface area contributed by atoms with Gasteiger partial charge in [-0.3, -0.25) is 14.7 Å². The van der Waals surface area contributed by atoms with Crippen LogP contribution in [0.15, 0.2) is 72.9 Å². The van der Waals surface area contributed by atoms with E-state index < -0.39 is 0 Å². The molecular weight excluding hydrogens is 429 g/mol. The van der Waals surface area contributed by atoms with Crippen molar-refractivity contribution in [1.82, 2.24) is 14.8 Å². The molecule has 0 aliphatic carbocycles. The molecule has 2 atom stereocenters. The summed E-state index contributed by atoms with van der Waals surface area (Å²) in [6.07, 6.45) is 4.20. The lowest BCUT2D eigenvalue weighted by Crippen LogP contribution is -2.56. The Morgan fingerprint density at radius 3 is 2.68 bits per heavy atom. The number of ether oxygens (including phenoxy) is 1. The molecular formula is C28H30FN3O2. The topological polar surface area (TPSA) is 45.7 Å². The summed E-state index contributed by atoms with van der Waals surface area (Å²) < 4.78 is 19.8. The summed E-state index contributed by atoms with van der Waals surface area (Å²) in [4.78, 5) is 21.5. The first-order chi connectivity index (χ1) is 16.5. The quantitative estimate of drug-likeness (QED) is 0.532. The van der Waals surface area contributed by atoms with E-state index in [1.165, 1.54) is 12.1 Å². The minimum Gasteiger partial charge on any atom is -0.487 e. The van der Waals surface area contributed by atoms with Crippen molar-refractivity contribution in [3.63, 3.8) is 0 Å². The molecule has 2 fully saturated rings. The van der Waals surface area contributed by atoms with E-state index in [2.05, 4.69) is 16.0 Å². The van der Waals surface area contributed by atoms with Crippen LogP contribution in [0.4, 0.5) is 4.39 Å². The van der Waals surface area contributed by atoms with Crippen molar-refractivity contribution in [2.45, 2.75) is 43.9 Å². The van der Waals surface area contributed by atoms with Crippen LogP contribution in [0.25, 0.3) is 0 Å². The summed E-state index contributed by atoms with van der Waals surface area (Å²) in [5.74, 6) is 0.934. The van der Waals surface area contributed by atoms with Crippen LogP contribution in [0.3, 0.4) is 0 Å². The number of likely N-dealkylation sites (N-methyl/N-ethyl adjacent to an activating group) is 1. The minimum absolute atomic E-state index is 0.129. The number of piperidine rings is 1. The third kappa shape index (κ3) is 4.42. The summed E-state index contributed by atoms with van der Waals surface area (Å²) in [5.41, 5.74) is 2.80. The number of aromatic nitrogens is 1. The highest BCUT2D eigenvalue weighted by atomic mass is 19.1. The van der Waals surface area contributed by atoms with Crippen molar-refractivity contribution >= 4 is 5.91 Å². The van der Waals surface area contributed by atoms with Crippen LogP contribution < -0.4 is 4.74 Å². The van der Waals surface area contributed by atoms with Crippen molar-refractivity contribution in [2.75, 3.05) is 20.1 Å². The van der Waals surface area contributed by atoms with Gasteiger partial charge >= 0.3 is 0 Å². The molecule has 0 N–H and O–H groups in total. The van der Waals surface area contributed by atoms with E-state index in [4.69, 9.17) is 4.74 Å². The number of likely N-dealkylation sites (tertiary alicyclic amines) is 2. The molecule has 1 aromatic heterocycles. The number of nitrogens with zero attached hydrogens (tertiary/aromatic N) is 3. The number of amides is 1. The van der Waals surface area contributed by atoms with E-state index in [0.717, 1.165) is 55.0 Å². The first-order valence-electron chi connectivity index (χ1n) is 11.9. The van der Waals surface area contributed by atoms with Crippen LogP contribution in [0, 0.1) is 5.82 Å². The first kappa shape index (κ1) is 22.5. The normalized spacial score (nSPS) is 22.9. The largest absolute Gasteiger partial charge is 0.487 e. The summed E-state index contributed by atoms with van der Waals surface area (Å²) >= 11 is 0. The molecule has 0 radical (unpaired) electrons. The van der Waals surface area contributed by atoms with Crippen molar-refractivity contribution < 1.29 is 13.9 Å². The highest BCUT2D eigenvalue weighted by Crippen LogP contribution is 2.46. The van der Waals surface area contributed by atoms with Crippen LogP contribution >= 0.6 is 0 Å². The summed E-state index contributed by atoms with van der Waals surface area (Å²) in [5, 5.41) is 0. The lowest BCUT2D eigenvalue weighted by atomic mass is 9.75. The molecule has 0 bridgehead atoms. The van der Waals surface area contributed by atoms with Gasteiger partial charge < -0.3 is 9.64 Å². The Hall–Kier alpha value is -3.25. The second-order valence-corrected chi connectivity index (χ2v) is 9.40. The van der Waals surface area contributed by atoms with Crippen LogP contribution in [0.5, 0.6) is 5.75 Å². The number of carbonyl (C=O) groups is 1. The fraction of sp³-hybridized carbons (Fsp3) is 0.357. The van der Waals surface area contributed by atoms with E-state index >= 15 is 0 Å². The molecule has 2 aliphatic rings. The van der Waals surface area contributed by atoms with Crippen molar-refractivity contribution in [3.8, 4) is 5.75 Å². The fourth-order valence-electron chi connectivity index (χ4n) is 5.60. The van der Waals surface area contributed by atoms with E-state index in [1.54, 1.807) is 6.20 Å². The predicted molar refractivity (Wildman–Crippen MR) is 129 cm³/mol. The number of hydrogen-bond donors (Lipinski definition) is 0. The maximum atomic E-state index is 13.7. The number of carbonyl (C=O) groups excluding carboxylic acids is 1. The Morgan fingerprint density at radius 2 is 1.88 bits per heavy atom.